The van der Waals surface area contributed by atoms with Crippen molar-refractivity contribution in [3.05, 3.63) is 28.8 Å². The molecule has 142 valence electrons. The number of hydrogen-bond acceptors (Lipinski definition) is 6. The van der Waals surface area contributed by atoms with Crippen LogP contribution in [0.25, 0.3) is 0 Å². The second kappa shape index (κ2) is 7.38. The molecule has 0 radical (unpaired) electrons. The van der Waals surface area contributed by atoms with Gasteiger partial charge in [-0.3, -0.25) is 4.79 Å². The SMILES string of the molecule is COC(=O)c1ccc(S(=O)(=O)N2CSCC2C(=O)N(C)C2CC2)c(Cl)c1. The van der Waals surface area contributed by atoms with Gasteiger partial charge in [0.15, 0.2) is 0 Å². The zero-order valence-corrected chi connectivity index (χ0v) is 16.7. The highest BCUT2D eigenvalue weighted by molar-refractivity contribution is 8.00. The molecule has 1 atom stereocenters. The molecule has 0 aromatic heterocycles. The van der Waals surface area contributed by atoms with Gasteiger partial charge in [-0.2, -0.15) is 4.31 Å². The van der Waals surface area contributed by atoms with Crippen molar-refractivity contribution >= 4 is 45.3 Å². The number of sulfonamides is 1. The number of likely N-dealkylation sites (N-methyl/N-ethyl adjacent to an activating group) is 1. The van der Waals surface area contributed by atoms with Crippen molar-refractivity contribution in [3.63, 3.8) is 0 Å². The first kappa shape index (κ1) is 19.5. The maximum Gasteiger partial charge on any atom is 0.337 e. The van der Waals surface area contributed by atoms with Crippen LogP contribution in [0.4, 0.5) is 0 Å². The molecule has 26 heavy (non-hydrogen) atoms. The molecule has 0 bridgehead atoms. The summed E-state index contributed by atoms with van der Waals surface area (Å²) >= 11 is 7.52. The summed E-state index contributed by atoms with van der Waals surface area (Å²) in [6, 6.07) is 3.35. The summed E-state index contributed by atoms with van der Waals surface area (Å²) in [6.45, 7) is 0. The van der Waals surface area contributed by atoms with Crippen molar-refractivity contribution in [1.29, 1.82) is 0 Å². The number of hydrogen-bond donors (Lipinski definition) is 0. The molecular weight excluding hydrogens is 400 g/mol. The molecule has 1 aromatic carbocycles. The van der Waals surface area contributed by atoms with Gasteiger partial charge in [0.2, 0.25) is 15.9 Å². The Hall–Kier alpha value is -1.29. The number of rotatable bonds is 5. The van der Waals surface area contributed by atoms with Crippen LogP contribution >= 0.6 is 23.4 Å². The van der Waals surface area contributed by atoms with Crippen LogP contribution in [0.15, 0.2) is 23.1 Å². The van der Waals surface area contributed by atoms with Crippen LogP contribution in [0.1, 0.15) is 23.2 Å². The van der Waals surface area contributed by atoms with Gasteiger partial charge in [0.1, 0.15) is 10.9 Å². The van der Waals surface area contributed by atoms with Crippen molar-refractivity contribution in [2.45, 2.75) is 29.8 Å². The Labute approximate surface area is 161 Å². The molecule has 0 N–H and O–H groups in total. The van der Waals surface area contributed by atoms with Gasteiger partial charge in [0.05, 0.1) is 23.6 Å². The molecule has 1 aliphatic carbocycles. The summed E-state index contributed by atoms with van der Waals surface area (Å²) in [4.78, 5) is 25.8. The molecule has 1 aliphatic heterocycles. The van der Waals surface area contributed by atoms with Gasteiger partial charge in [0, 0.05) is 18.8 Å². The lowest BCUT2D eigenvalue weighted by atomic mass is 10.2. The van der Waals surface area contributed by atoms with Crippen LogP contribution in [0.3, 0.4) is 0 Å². The Morgan fingerprint density at radius 1 is 1.35 bits per heavy atom. The first-order valence-electron chi connectivity index (χ1n) is 8.01. The summed E-state index contributed by atoms with van der Waals surface area (Å²) in [7, 11) is -1.03. The summed E-state index contributed by atoms with van der Waals surface area (Å²) in [5.74, 6) is -0.200. The van der Waals surface area contributed by atoms with E-state index in [0.29, 0.717) is 5.75 Å². The molecule has 10 heteroatoms. The Morgan fingerprint density at radius 2 is 2.04 bits per heavy atom. The first-order valence-corrected chi connectivity index (χ1v) is 11.0. The number of halogens is 1. The highest BCUT2D eigenvalue weighted by Crippen LogP contribution is 2.34. The monoisotopic (exact) mass is 418 g/mol. The normalized spacial score (nSPS) is 20.8. The highest BCUT2D eigenvalue weighted by atomic mass is 35.5. The third-order valence-corrected chi connectivity index (χ3v) is 8.02. The number of methoxy groups -OCH3 is 1. The molecule has 7 nitrogen and oxygen atoms in total. The fourth-order valence-corrected chi connectivity index (χ4v) is 6.47. The third-order valence-electron chi connectivity index (χ3n) is 4.51. The van der Waals surface area contributed by atoms with Crippen LogP contribution < -0.4 is 0 Å². The predicted molar refractivity (Wildman–Crippen MR) is 98.7 cm³/mol. The van der Waals surface area contributed by atoms with Crippen molar-refractivity contribution < 1.29 is 22.7 Å². The van der Waals surface area contributed by atoms with Crippen LogP contribution in [-0.2, 0) is 19.6 Å². The largest absolute Gasteiger partial charge is 0.465 e. The average molecular weight is 419 g/mol. The van der Waals surface area contributed by atoms with E-state index in [0.717, 1.165) is 12.8 Å². The van der Waals surface area contributed by atoms with Gasteiger partial charge in [-0.15, -0.1) is 11.8 Å². The Kier molecular flexibility index (Phi) is 5.53. The molecule has 1 aromatic rings. The summed E-state index contributed by atoms with van der Waals surface area (Å²) in [6.07, 6.45) is 1.91. The maximum atomic E-state index is 13.1. The molecule has 1 saturated carbocycles. The summed E-state index contributed by atoms with van der Waals surface area (Å²) in [5.41, 5.74) is 0.161. The van der Waals surface area contributed by atoms with Gasteiger partial charge in [-0.1, -0.05) is 11.6 Å². The van der Waals surface area contributed by atoms with Crippen LogP contribution in [0.5, 0.6) is 0 Å². The van der Waals surface area contributed by atoms with Crippen molar-refractivity contribution in [1.82, 2.24) is 9.21 Å². The van der Waals surface area contributed by atoms with E-state index in [2.05, 4.69) is 4.74 Å². The van der Waals surface area contributed by atoms with Crippen molar-refractivity contribution in [2.24, 2.45) is 0 Å². The lowest BCUT2D eigenvalue weighted by Crippen LogP contribution is -2.48. The summed E-state index contributed by atoms with van der Waals surface area (Å²) < 4.78 is 31.9. The molecule has 3 rings (SSSR count). The minimum absolute atomic E-state index is 0.0773. The van der Waals surface area contributed by atoms with Crippen LogP contribution in [0, 0.1) is 0 Å². The Morgan fingerprint density at radius 3 is 2.62 bits per heavy atom. The van der Waals surface area contributed by atoms with Crippen molar-refractivity contribution in [3.8, 4) is 0 Å². The van der Waals surface area contributed by atoms with E-state index < -0.39 is 22.0 Å². The smallest absolute Gasteiger partial charge is 0.337 e. The zero-order chi connectivity index (χ0) is 19.1. The number of nitrogens with zero attached hydrogens (tertiary/aromatic N) is 2. The average Bonchev–Trinajstić information content (AvgIpc) is 3.35. The lowest BCUT2D eigenvalue weighted by Gasteiger charge is -2.27. The number of carbonyl (C=O) groups is 2. The number of carbonyl (C=O) groups excluding carboxylic acids is 2. The molecule has 1 saturated heterocycles. The molecule has 2 fully saturated rings. The fourth-order valence-electron chi connectivity index (χ4n) is 2.82. The maximum absolute atomic E-state index is 13.1. The highest BCUT2D eigenvalue weighted by Gasteiger charge is 2.44. The molecule has 1 heterocycles. The first-order chi connectivity index (χ1) is 12.3. The number of amides is 1. The summed E-state index contributed by atoms with van der Waals surface area (Å²) in [5, 5.41) is -0.0773. The van der Waals surface area contributed by atoms with E-state index >= 15 is 0 Å². The molecule has 1 amide bonds. The van der Waals surface area contributed by atoms with E-state index in [1.165, 1.54) is 41.4 Å². The minimum atomic E-state index is -3.97. The van der Waals surface area contributed by atoms with E-state index in [-0.39, 0.29) is 33.3 Å². The van der Waals surface area contributed by atoms with Gasteiger partial charge < -0.3 is 9.64 Å². The van der Waals surface area contributed by atoms with E-state index in [1.54, 1.807) is 11.9 Å². The van der Waals surface area contributed by atoms with E-state index in [1.807, 2.05) is 0 Å². The van der Waals surface area contributed by atoms with Crippen LogP contribution in [-0.4, -0.2) is 67.4 Å². The van der Waals surface area contributed by atoms with Crippen molar-refractivity contribution in [2.75, 3.05) is 25.8 Å². The van der Waals surface area contributed by atoms with E-state index in [9.17, 15) is 18.0 Å². The number of thioether (sulfide) groups is 1. The number of esters is 1. The van der Waals surface area contributed by atoms with E-state index in [4.69, 9.17) is 11.6 Å². The molecular formula is C16H19ClN2O5S2. The lowest BCUT2D eigenvalue weighted by molar-refractivity contribution is -0.133. The third kappa shape index (κ3) is 3.58. The topological polar surface area (TPSA) is 84.0 Å². The second-order valence-corrected chi connectivity index (χ2v) is 9.49. The second-order valence-electron chi connectivity index (χ2n) is 6.22. The Bertz CT molecular complexity index is 841. The van der Waals surface area contributed by atoms with Gasteiger partial charge in [-0.05, 0) is 31.0 Å². The standard InChI is InChI=1S/C16H19ClN2O5S2/c1-18(11-4-5-11)15(20)13-8-25-9-19(13)26(22,23)14-6-3-10(7-12(14)17)16(21)24-2/h3,6-7,11,13H,4-5,8-9H2,1-2H3. The van der Waals surface area contributed by atoms with Gasteiger partial charge in [-0.25, -0.2) is 13.2 Å². The molecule has 2 aliphatic rings. The number of benzene rings is 1. The molecule has 1 unspecified atom stereocenters. The van der Waals surface area contributed by atoms with Gasteiger partial charge >= 0.3 is 5.97 Å². The molecule has 0 spiro atoms. The predicted octanol–water partition coefficient (Wildman–Crippen LogP) is 1.81. The zero-order valence-electron chi connectivity index (χ0n) is 14.3. The van der Waals surface area contributed by atoms with Gasteiger partial charge in [0.25, 0.3) is 0 Å². The number of ether oxygens (including phenoxy) is 1. The van der Waals surface area contributed by atoms with Crippen LogP contribution in [0.2, 0.25) is 5.02 Å². The quantitative estimate of drug-likeness (QED) is 0.678. The minimum Gasteiger partial charge on any atom is -0.465 e. The fraction of sp³-hybridized carbons (Fsp3) is 0.500. The Balaban J connectivity index is 1.89.